The Hall–Kier alpha value is -6.23. The molecule has 3 aliphatic heterocycles. The van der Waals surface area contributed by atoms with Gasteiger partial charge in [0.1, 0.15) is 24.2 Å². The number of aliphatic hydroxyl groups is 1. The van der Waals surface area contributed by atoms with E-state index in [1.54, 1.807) is 45.0 Å². The van der Waals surface area contributed by atoms with Gasteiger partial charge in [-0.2, -0.15) is 8.78 Å². The molecule has 2 fully saturated rings. The number of carbonyl (C=O) groups is 7. The molecule has 24 heteroatoms. The predicted molar refractivity (Wildman–Crippen MR) is 317 cm³/mol. The van der Waals surface area contributed by atoms with Crippen LogP contribution >= 0.6 is 34.9 Å². The average Bonchev–Trinajstić information content (AvgIpc) is 4.38. The molecule has 2 saturated heterocycles. The summed E-state index contributed by atoms with van der Waals surface area (Å²) < 4.78 is 41.8. The minimum atomic E-state index is -5.85. The number of aliphatic imine (C=N–C) groups is 1. The van der Waals surface area contributed by atoms with Crippen LogP contribution in [0.4, 0.5) is 14.5 Å². The summed E-state index contributed by atoms with van der Waals surface area (Å²) in [6.45, 7) is 13.3. The van der Waals surface area contributed by atoms with Crippen molar-refractivity contribution in [1.82, 2.24) is 31.1 Å². The Labute approximate surface area is 494 Å². The molecule has 0 radical (unpaired) electrons. The van der Waals surface area contributed by atoms with Crippen molar-refractivity contribution in [3.05, 3.63) is 105 Å². The molecule has 19 nitrogen and oxygen atoms in total. The van der Waals surface area contributed by atoms with E-state index in [4.69, 9.17) is 0 Å². The topological polar surface area (TPSA) is 267 Å². The van der Waals surface area contributed by atoms with Crippen molar-refractivity contribution < 1.29 is 61.8 Å². The van der Waals surface area contributed by atoms with Gasteiger partial charge in [0.05, 0.1) is 11.0 Å². The van der Waals surface area contributed by atoms with Gasteiger partial charge in [0.2, 0.25) is 35.4 Å². The number of likely N-dealkylation sites (tertiary alicyclic amines) is 2. The Morgan fingerprint density at radius 1 is 0.819 bits per heavy atom. The second kappa shape index (κ2) is 26.8. The van der Waals surface area contributed by atoms with Gasteiger partial charge in [-0.15, -0.1) is 11.3 Å². The molecule has 5 atom stereocenters. The van der Waals surface area contributed by atoms with E-state index in [9.17, 15) is 61.8 Å². The Kier molecular flexibility index (Phi) is 20.8. The van der Waals surface area contributed by atoms with Gasteiger partial charge in [-0.05, 0) is 108 Å². The predicted octanol–water partition coefficient (Wildman–Crippen LogP) is 8.14. The van der Waals surface area contributed by atoms with E-state index < -0.39 is 89.5 Å². The number of amides is 7. The molecule has 3 aromatic carbocycles. The fraction of sp³-hybridized carbons (Fsp3) is 0.492. The minimum absolute atomic E-state index is 0.0304. The lowest BCUT2D eigenvalue weighted by molar-refractivity contribution is -0.144. The highest BCUT2D eigenvalue weighted by molar-refractivity contribution is 9.10. The van der Waals surface area contributed by atoms with Crippen molar-refractivity contribution in [2.45, 2.75) is 149 Å². The molecule has 3 unspecified atom stereocenters. The molecular formula is C59H74BrF2N8O11PS. The Morgan fingerprint density at radius 3 is 2.12 bits per heavy atom. The number of nitrogens with zero attached hydrogens (tertiary/aromatic N) is 4. The number of hydrogen-bond donors (Lipinski definition) is 7. The zero-order chi connectivity index (χ0) is 60.8. The second-order valence-electron chi connectivity index (χ2n) is 23.5. The number of carbonyl (C=O) groups excluding carboxylic acids is 7. The molecule has 3 aliphatic rings. The summed E-state index contributed by atoms with van der Waals surface area (Å²) in [5.41, 5.74) is -2.44. The van der Waals surface area contributed by atoms with Crippen LogP contribution in [0.5, 0.6) is 0 Å². The van der Waals surface area contributed by atoms with Gasteiger partial charge in [-0.1, -0.05) is 94.2 Å². The highest BCUT2D eigenvalue weighted by Crippen LogP contribution is 2.59. The van der Waals surface area contributed by atoms with Crippen molar-refractivity contribution >= 4 is 104 Å². The molecule has 0 bridgehead atoms. The summed E-state index contributed by atoms with van der Waals surface area (Å²) in [6, 6.07) is 15.1. The summed E-state index contributed by atoms with van der Waals surface area (Å²) in [5.74, 6) is -3.18. The number of halogens is 3. The van der Waals surface area contributed by atoms with Crippen LogP contribution in [0.2, 0.25) is 0 Å². The molecule has 83 heavy (non-hydrogen) atoms. The first-order valence-electron chi connectivity index (χ1n) is 27.7. The summed E-state index contributed by atoms with van der Waals surface area (Å²) in [7, 11) is -5.85. The van der Waals surface area contributed by atoms with Gasteiger partial charge in [0, 0.05) is 90.7 Å². The first kappa shape index (κ1) is 64.3. The standard InChI is InChI=1S/C59H74BrF2N8O11PS/c1-35-43(24-27-63-35)37-16-14-36(15-17-37)33-65-52(74)45-32-42(71)34-70(45)56(78)50(57(2,3)4)66-49(73)13-9-8-10-26-64-48(72)25-29-68(41-21-19-40(60)20-22-41)54(76)44-12-11-28-69(44)55(77)51(58(5,6)7)67-53(75)47-31-38-30-39(18-23-46(38)83-47)59(61,62)82(79,80)81/h14-23,27,30-31,42,44-45,50-51,71H,8-13,24-26,28-29,32-34H2,1-7H3,(H,64,72)(H,65,74)(H,66,73)(H,67,75)(H2,79,80,81)/t42-,44?,45+,50?,51?/m1/s1. The number of rotatable bonds is 22. The largest absolute Gasteiger partial charge is 0.399 e. The third-order valence-corrected chi connectivity index (χ3v) is 17.7. The Morgan fingerprint density at radius 2 is 1.48 bits per heavy atom. The molecule has 0 spiro atoms. The normalized spacial score (nSPS) is 18.3. The number of allylic oxidation sites excluding steroid dienone is 2. The third-order valence-electron chi connectivity index (χ3n) is 15.1. The molecule has 7 N–H and O–H groups in total. The van der Waals surface area contributed by atoms with E-state index in [1.165, 1.54) is 26.8 Å². The number of unbranched alkanes of at least 4 members (excludes halogenated alkanes) is 2. The Bertz CT molecular complexity index is 3190. The number of aliphatic hydroxyl groups excluding tert-OH is 1. The van der Waals surface area contributed by atoms with E-state index in [2.05, 4.69) is 42.2 Å². The summed E-state index contributed by atoms with van der Waals surface area (Å²) in [5, 5.41) is 22.3. The van der Waals surface area contributed by atoms with Crippen LogP contribution in [0.3, 0.4) is 0 Å². The highest BCUT2D eigenvalue weighted by atomic mass is 79.9. The maximum absolute atomic E-state index is 14.6. The zero-order valence-corrected chi connectivity index (χ0v) is 51.0. The number of β-amino-alcohol motifs (C(OH)–C–C–N with tert-alkyl or cyclic N) is 1. The second-order valence-corrected chi connectivity index (χ2v) is 27.2. The van der Waals surface area contributed by atoms with Crippen molar-refractivity contribution in [2.24, 2.45) is 15.8 Å². The molecule has 448 valence electrons. The molecule has 1 aromatic heterocycles. The molecule has 4 heterocycles. The lowest BCUT2D eigenvalue weighted by atomic mass is 9.85. The van der Waals surface area contributed by atoms with Crippen molar-refractivity contribution in [3.63, 3.8) is 0 Å². The van der Waals surface area contributed by atoms with Crippen molar-refractivity contribution in [2.75, 3.05) is 31.1 Å². The van der Waals surface area contributed by atoms with Crippen LogP contribution in [0.1, 0.15) is 133 Å². The van der Waals surface area contributed by atoms with Crippen LogP contribution in [-0.2, 0) is 45.5 Å². The minimum Gasteiger partial charge on any atom is -0.391 e. The molecule has 0 aliphatic carbocycles. The Balaban J connectivity index is 0.889. The lowest BCUT2D eigenvalue weighted by Gasteiger charge is -2.36. The molecule has 4 aromatic rings. The van der Waals surface area contributed by atoms with Gasteiger partial charge in [0.25, 0.3) is 5.91 Å². The number of hydrogen-bond acceptors (Lipinski definition) is 11. The maximum atomic E-state index is 14.6. The first-order valence-corrected chi connectivity index (χ1v) is 31.0. The van der Waals surface area contributed by atoms with E-state index in [-0.39, 0.29) is 74.1 Å². The van der Waals surface area contributed by atoms with Crippen LogP contribution in [0.15, 0.2) is 88.0 Å². The lowest BCUT2D eigenvalue weighted by Crippen LogP contribution is -2.58. The van der Waals surface area contributed by atoms with E-state index in [0.717, 1.165) is 56.8 Å². The van der Waals surface area contributed by atoms with Gasteiger partial charge in [-0.3, -0.25) is 43.1 Å². The maximum Gasteiger partial charge on any atom is 0.399 e. The third kappa shape index (κ3) is 16.0. The molecule has 7 amide bonds. The number of fused-ring (bicyclic) bond motifs is 1. The average molecular weight is 1250 g/mol. The van der Waals surface area contributed by atoms with Gasteiger partial charge in [-0.25, -0.2) is 0 Å². The van der Waals surface area contributed by atoms with Crippen LogP contribution < -0.4 is 26.2 Å². The fourth-order valence-electron chi connectivity index (χ4n) is 10.4. The SMILES string of the molecule is CC1=C(c2ccc(CNC(=O)[C@@H]3C[C@@H](O)CN3C(=O)C(NC(=O)CCCCCNC(=O)CCN(C(=O)C3CCCN3C(=O)C(NC(=O)c3cc4cc(C(F)(F)P(=O)(O)O)ccc4s3)C(C)(C)C)c3ccc(Br)cc3)C(C)(C)C)cc2)CC=N1. The summed E-state index contributed by atoms with van der Waals surface area (Å²) in [4.78, 5) is 125. The zero-order valence-electron chi connectivity index (χ0n) is 47.7. The van der Waals surface area contributed by atoms with Crippen LogP contribution in [0.25, 0.3) is 15.7 Å². The van der Waals surface area contributed by atoms with Crippen LogP contribution in [0, 0.1) is 10.8 Å². The van der Waals surface area contributed by atoms with Gasteiger partial charge in [0.15, 0.2) is 0 Å². The van der Waals surface area contributed by atoms with E-state index in [1.807, 2.05) is 58.2 Å². The quantitative estimate of drug-likeness (QED) is 0.0292. The van der Waals surface area contributed by atoms with E-state index >= 15 is 0 Å². The van der Waals surface area contributed by atoms with Gasteiger partial charge >= 0.3 is 13.3 Å². The highest BCUT2D eigenvalue weighted by Gasteiger charge is 2.51. The molecular weight excluding hydrogens is 1180 g/mol. The summed E-state index contributed by atoms with van der Waals surface area (Å²) in [6.07, 6.45) is 4.15. The van der Waals surface area contributed by atoms with E-state index in [0.29, 0.717) is 42.5 Å². The van der Waals surface area contributed by atoms with Crippen molar-refractivity contribution in [1.29, 1.82) is 0 Å². The van der Waals surface area contributed by atoms with Crippen LogP contribution in [-0.4, -0.2) is 129 Å². The van der Waals surface area contributed by atoms with Gasteiger partial charge < -0.3 is 50.9 Å². The number of alkyl halides is 2. The number of thiophene rings is 1. The molecule has 0 saturated carbocycles. The number of benzene rings is 3. The first-order chi connectivity index (χ1) is 38.9. The number of anilines is 1. The fourth-order valence-corrected chi connectivity index (χ4v) is 12.1. The summed E-state index contributed by atoms with van der Waals surface area (Å²) >= 11 is 4.38. The smallest absolute Gasteiger partial charge is 0.391 e. The number of nitrogens with one attached hydrogen (secondary N) is 4. The molecule has 7 rings (SSSR count). The van der Waals surface area contributed by atoms with Crippen molar-refractivity contribution in [3.8, 4) is 0 Å². The monoisotopic (exact) mass is 1250 g/mol.